The lowest BCUT2D eigenvalue weighted by molar-refractivity contribution is -0.379. The molecule has 14 unspecified atom stereocenters. The molecule has 23 atom stereocenters. The van der Waals surface area contributed by atoms with Crippen LogP contribution < -0.4 is 0 Å². The maximum absolute atomic E-state index is 11.5. The molecule has 0 aliphatic carbocycles. The Bertz CT molecular complexity index is 1210. The molecule has 6 aliphatic heterocycles. The molecular formula is C29H46O23. The second-order valence-electron chi connectivity index (χ2n) is 13.3. The minimum atomic E-state index is -2.03. The van der Waals surface area contributed by atoms with Gasteiger partial charge in [-0.25, -0.2) is 0 Å². The Morgan fingerprint density at radius 2 is 1.13 bits per heavy atom. The van der Waals surface area contributed by atoms with Crippen molar-refractivity contribution in [2.24, 2.45) is 0 Å². The Hall–Kier alpha value is -1.50. The Labute approximate surface area is 294 Å². The number of ether oxygens (including phenoxy) is 10. The lowest BCUT2D eigenvalue weighted by Crippen LogP contribution is -2.66. The van der Waals surface area contributed by atoms with Gasteiger partial charge in [0, 0.05) is 6.08 Å². The first kappa shape index (κ1) is 40.2. The fraction of sp³-hybridized carbons (Fsp3) is 0.931. The van der Waals surface area contributed by atoms with Crippen LogP contribution in [0.5, 0.6) is 0 Å². The highest BCUT2D eigenvalue weighted by Crippen LogP contribution is 2.39. The Morgan fingerprint density at radius 3 is 1.81 bits per heavy atom. The van der Waals surface area contributed by atoms with Crippen molar-refractivity contribution in [3.05, 3.63) is 12.0 Å². The first-order valence-electron chi connectivity index (χ1n) is 16.6. The fourth-order valence-electron chi connectivity index (χ4n) is 6.57. The van der Waals surface area contributed by atoms with E-state index in [1.54, 1.807) is 0 Å². The normalized spacial score (nSPS) is 53.7. The molecule has 0 bridgehead atoms. The van der Waals surface area contributed by atoms with Crippen molar-refractivity contribution in [1.82, 2.24) is 0 Å². The number of rotatable bonds is 11. The van der Waals surface area contributed by atoms with E-state index in [2.05, 4.69) is 0 Å². The number of hydrogen-bond acceptors (Lipinski definition) is 23. The average Bonchev–Trinajstić information content (AvgIpc) is 3.91. The third-order valence-electron chi connectivity index (χ3n) is 9.75. The minimum Gasteiger partial charge on any atom is -0.457 e. The Balaban J connectivity index is 1.26. The van der Waals surface area contributed by atoms with Crippen molar-refractivity contribution in [1.29, 1.82) is 0 Å². The molecule has 6 aliphatic rings. The van der Waals surface area contributed by atoms with Crippen molar-refractivity contribution >= 4 is 0 Å². The molecule has 52 heavy (non-hydrogen) atoms. The molecule has 23 heteroatoms. The zero-order valence-electron chi connectivity index (χ0n) is 27.4. The van der Waals surface area contributed by atoms with Crippen LogP contribution in [0.4, 0.5) is 0 Å². The molecule has 0 amide bonds. The molecule has 6 rings (SSSR count). The first-order chi connectivity index (χ1) is 24.7. The molecule has 0 aromatic heterocycles. The van der Waals surface area contributed by atoms with E-state index in [0.29, 0.717) is 0 Å². The molecule has 13 N–H and O–H groups in total. The third kappa shape index (κ3) is 7.79. The number of aliphatic hydroxyl groups excluding tert-OH is 13. The zero-order chi connectivity index (χ0) is 37.8. The van der Waals surface area contributed by atoms with Gasteiger partial charge in [-0.3, -0.25) is 0 Å². The van der Waals surface area contributed by atoms with Gasteiger partial charge in [0.2, 0.25) is 0 Å². The molecule has 0 aromatic rings. The van der Waals surface area contributed by atoms with Crippen LogP contribution in [0.2, 0.25) is 0 Å². The van der Waals surface area contributed by atoms with E-state index in [0.717, 1.165) is 6.08 Å². The van der Waals surface area contributed by atoms with E-state index in [1.165, 1.54) is 6.92 Å². The highest BCUT2D eigenvalue weighted by molar-refractivity contribution is 5.06. The van der Waals surface area contributed by atoms with Crippen LogP contribution in [0, 0.1) is 0 Å². The van der Waals surface area contributed by atoms with Crippen molar-refractivity contribution in [2.45, 2.75) is 148 Å². The molecule has 0 saturated carbocycles. The Kier molecular flexibility index (Phi) is 12.6. The zero-order valence-corrected chi connectivity index (χ0v) is 27.4. The van der Waals surface area contributed by atoms with Gasteiger partial charge in [0.05, 0.1) is 25.9 Å². The molecule has 0 radical (unpaired) electrons. The molecule has 5 saturated heterocycles. The SMILES string of the molecule is CC1O[C@@H](OC2C=C(O[C@@H]3C(CO)O[C@H](OC4C(O)[C@H](O)C(CO)O[C@@H]4O)C(O)C3O[C@@H]3OC4O[C@@H]4C(O)C3O)OC(CO)[C@H]2O)C(O)C(O)[C@H]1O. The average molecular weight is 763 g/mol. The Morgan fingerprint density at radius 1 is 0.519 bits per heavy atom. The summed E-state index contributed by atoms with van der Waals surface area (Å²) in [6, 6.07) is 0. The topological polar surface area (TPSA) is 359 Å². The van der Waals surface area contributed by atoms with Gasteiger partial charge in [-0.05, 0) is 6.92 Å². The van der Waals surface area contributed by atoms with Crippen LogP contribution in [0.15, 0.2) is 12.0 Å². The van der Waals surface area contributed by atoms with Crippen LogP contribution in [-0.2, 0) is 47.4 Å². The summed E-state index contributed by atoms with van der Waals surface area (Å²) in [4.78, 5) is 0. The van der Waals surface area contributed by atoms with Gasteiger partial charge in [-0.15, -0.1) is 0 Å². The van der Waals surface area contributed by atoms with Crippen LogP contribution in [0.3, 0.4) is 0 Å². The standard InChI is InChI=1S/C29H46O23/c1-6-12(33)15(36)18(39)26(43-6)46-7-2-11(44-8(3-30)13(7)34)48-21-10(5-32)47-28(50-23-16(37)14(35)9(4-31)45-25(23)42)20(41)22(21)49-27-19(40)17(38)24-29(51-24)52-27/h2,6-10,12-42H,3-5H2,1H3/t6?,7?,8?,9?,10?,12-,13-,14+,15?,16?,17?,18?,19?,20?,21+,22?,23?,24+,25-,26-,27+,28+,29?/m0/s1. The van der Waals surface area contributed by atoms with Crippen molar-refractivity contribution < 1.29 is 114 Å². The summed E-state index contributed by atoms with van der Waals surface area (Å²) in [7, 11) is 0. The van der Waals surface area contributed by atoms with E-state index in [1.807, 2.05) is 0 Å². The van der Waals surface area contributed by atoms with Gasteiger partial charge >= 0.3 is 0 Å². The monoisotopic (exact) mass is 762 g/mol. The van der Waals surface area contributed by atoms with Crippen LogP contribution in [0.25, 0.3) is 0 Å². The number of fused-ring (bicyclic) bond motifs is 1. The quantitative estimate of drug-likeness (QED) is 0.0869. The van der Waals surface area contributed by atoms with Gasteiger partial charge in [0.1, 0.15) is 91.6 Å². The summed E-state index contributed by atoms with van der Waals surface area (Å²) in [5, 5.41) is 135. The summed E-state index contributed by atoms with van der Waals surface area (Å²) in [6.45, 7) is -1.11. The predicted octanol–water partition coefficient (Wildman–Crippen LogP) is -8.74. The van der Waals surface area contributed by atoms with Gasteiger partial charge < -0.3 is 114 Å². The lowest BCUT2D eigenvalue weighted by atomic mass is 9.96. The maximum atomic E-state index is 11.5. The smallest absolute Gasteiger partial charge is 0.278 e. The largest absolute Gasteiger partial charge is 0.457 e. The highest BCUT2D eigenvalue weighted by atomic mass is 16.8. The molecular weight excluding hydrogens is 716 g/mol. The summed E-state index contributed by atoms with van der Waals surface area (Å²) in [5.74, 6) is -0.527. The van der Waals surface area contributed by atoms with E-state index in [4.69, 9.17) is 47.4 Å². The van der Waals surface area contributed by atoms with Crippen LogP contribution >= 0.6 is 0 Å². The highest BCUT2D eigenvalue weighted by Gasteiger charge is 2.59. The van der Waals surface area contributed by atoms with Gasteiger partial charge in [0.15, 0.2) is 43.7 Å². The summed E-state index contributed by atoms with van der Waals surface area (Å²) < 4.78 is 55.7. The van der Waals surface area contributed by atoms with E-state index >= 15 is 0 Å². The summed E-state index contributed by atoms with van der Waals surface area (Å²) >= 11 is 0. The second-order valence-corrected chi connectivity index (χ2v) is 13.3. The van der Waals surface area contributed by atoms with Crippen molar-refractivity contribution in [3.8, 4) is 0 Å². The fourth-order valence-corrected chi connectivity index (χ4v) is 6.57. The van der Waals surface area contributed by atoms with Crippen LogP contribution in [-0.4, -0.2) is 228 Å². The minimum absolute atomic E-state index is 0.527. The van der Waals surface area contributed by atoms with Gasteiger partial charge in [0.25, 0.3) is 5.95 Å². The van der Waals surface area contributed by atoms with Crippen molar-refractivity contribution in [3.63, 3.8) is 0 Å². The van der Waals surface area contributed by atoms with Gasteiger partial charge in [-0.2, -0.15) is 0 Å². The second kappa shape index (κ2) is 16.3. The first-order valence-corrected chi connectivity index (χ1v) is 16.6. The number of hydrogen-bond donors (Lipinski definition) is 13. The molecule has 5 fully saturated rings. The molecule has 0 aromatic carbocycles. The lowest BCUT2D eigenvalue weighted by Gasteiger charge is -2.48. The maximum Gasteiger partial charge on any atom is 0.278 e. The van der Waals surface area contributed by atoms with E-state index in [9.17, 15) is 66.4 Å². The van der Waals surface area contributed by atoms with Crippen molar-refractivity contribution in [2.75, 3.05) is 19.8 Å². The van der Waals surface area contributed by atoms with E-state index < -0.39 is 167 Å². The molecule has 6 heterocycles. The van der Waals surface area contributed by atoms with Crippen LogP contribution in [0.1, 0.15) is 6.92 Å². The molecule has 0 spiro atoms. The molecule has 23 nitrogen and oxygen atoms in total. The summed E-state index contributed by atoms with van der Waals surface area (Å²) in [6.07, 6.45) is -35.6. The predicted molar refractivity (Wildman–Crippen MR) is 155 cm³/mol. The number of aliphatic hydroxyl groups is 13. The molecule has 300 valence electrons. The summed E-state index contributed by atoms with van der Waals surface area (Å²) in [5.41, 5.74) is 0. The third-order valence-corrected chi connectivity index (χ3v) is 9.75. The number of epoxide rings is 1. The van der Waals surface area contributed by atoms with E-state index in [-0.39, 0.29) is 0 Å². The van der Waals surface area contributed by atoms with Gasteiger partial charge in [-0.1, -0.05) is 0 Å².